The number of rotatable bonds is 10. The molecule has 0 saturated heterocycles. The number of benzene rings is 2. The summed E-state index contributed by atoms with van der Waals surface area (Å²) < 4.78 is 5.77. The normalized spacial score (nSPS) is 11.7. The summed E-state index contributed by atoms with van der Waals surface area (Å²) in [4.78, 5) is 27.5. The van der Waals surface area contributed by atoms with Gasteiger partial charge in [-0.15, -0.1) is 0 Å². The molecule has 2 aromatic rings. The minimum atomic E-state index is -0.655. The van der Waals surface area contributed by atoms with Crippen LogP contribution in [0.4, 0.5) is 0 Å². The third-order valence-corrected chi connectivity index (χ3v) is 6.25. The Labute approximate surface area is 205 Å². The zero-order chi connectivity index (χ0) is 23.8. The predicted molar refractivity (Wildman–Crippen MR) is 131 cm³/mol. The number of hydrogen-bond acceptors (Lipinski definition) is 3. The Hall–Kier alpha value is -1.95. The van der Waals surface area contributed by atoms with E-state index in [-0.39, 0.29) is 25.0 Å². The highest BCUT2D eigenvalue weighted by Gasteiger charge is 2.29. The predicted octanol–water partition coefficient (Wildman–Crippen LogP) is 5.98. The molecule has 1 atom stereocenters. The first-order valence-electron chi connectivity index (χ1n) is 10.6. The second-order valence-corrected chi connectivity index (χ2v) is 8.85. The molecule has 32 heavy (non-hydrogen) atoms. The number of nitrogens with zero attached hydrogens (tertiary/aromatic N) is 1. The molecule has 2 aromatic carbocycles. The first-order chi connectivity index (χ1) is 15.2. The summed E-state index contributed by atoms with van der Waals surface area (Å²) in [7, 11) is 0. The highest BCUT2D eigenvalue weighted by atomic mass is 35.5. The molecule has 0 aliphatic rings. The van der Waals surface area contributed by atoms with Gasteiger partial charge in [0.25, 0.3) is 5.91 Å². The van der Waals surface area contributed by atoms with Gasteiger partial charge in [-0.25, -0.2) is 0 Å². The minimum absolute atomic E-state index is 0.162. The fourth-order valence-corrected chi connectivity index (χ4v) is 3.91. The summed E-state index contributed by atoms with van der Waals surface area (Å²) in [5, 5.41) is 4.48. The van der Waals surface area contributed by atoms with Crippen LogP contribution in [0.3, 0.4) is 0 Å². The Morgan fingerprint density at radius 1 is 1.06 bits per heavy atom. The number of halogens is 3. The Balaban J connectivity index is 2.27. The van der Waals surface area contributed by atoms with Crippen molar-refractivity contribution in [3.8, 4) is 5.75 Å². The topological polar surface area (TPSA) is 58.6 Å². The molecule has 0 radical (unpaired) electrons. The van der Waals surface area contributed by atoms with Crippen LogP contribution >= 0.6 is 34.8 Å². The number of amides is 2. The van der Waals surface area contributed by atoms with Crippen LogP contribution in [0.5, 0.6) is 5.75 Å². The second kappa shape index (κ2) is 12.3. The molecule has 2 amide bonds. The number of ether oxygens (including phenoxy) is 1. The van der Waals surface area contributed by atoms with Crippen LogP contribution in [0, 0.1) is 13.8 Å². The van der Waals surface area contributed by atoms with Gasteiger partial charge in [0, 0.05) is 28.2 Å². The van der Waals surface area contributed by atoms with Crippen LogP contribution in [0.15, 0.2) is 30.3 Å². The summed E-state index contributed by atoms with van der Waals surface area (Å²) in [6, 6.07) is 8.00. The average Bonchev–Trinajstić information content (AvgIpc) is 2.75. The van der Waals surface area contributed by atoms with E-state index in [0.29, 0.717) is 39.3 Å². The van der Waals surface area contributed by atoms with E-state index in [0.717, 1.165) is 17.5 Å². The summed E-state index contributed by atoms with van der Waals surface area (Å²) in [5.74, 6) is 0.0245. The van der Waals surface area contributed by atoms with Crippen LogP contribution in [0.2, 0.25) is 15.1 Å². The number of aryl methyl sites for hydroxylation is 2. The van der Waals surface area contributed by atoms with Crippen LogP contribution in [0.25, 0.3) is 0 Å². The molecule has 0 unspecified atom stereocenters. The molecule has 0 aromatic heterocycles. The van der Waals surface area contributed by atoms with Gasteiger partial charge >= 0.3 is 0 Å². The molecule has 8 heteroatoms. The molecular formula is C24H29Cl3N2O3. The lowest BCUT2D eigenvalue weighted by Gasteiger charge is -2.31. The van der Waals surface area contributed by atoms with E-state index in [2.05, 4.69) is 5.32 Å². The van der Waals surface area contributed by atoms with Crippen LogP contribution in [-0.4, -0.2) is 35.9 Å². The maximum atomic E-state index is 13.2. The van der Waals surface area contributed by atoms with Gasteiger partial charge in [0.1, 0.15) is 11.8 Å². The summed E-state index contributed by atoms with van der Waals surface area (Å²) >= 11 is 18.6. The summed E-state index contributed by atoms with van der Waals surface area (Å²) in [5.41, 5.74) is 2.43. The Kier molecular flexibility index (Phi) is 10.1. The molecule has 1 N–H and O–H groups in total. The third-order valence-electron chi connectivity index (χ3n) is 5.06. The molecular weight excluding hydrogens is 471 g/mol. The van der Waals surface area contributed by atoms with Crippen molar-refractivity contribution in [3.63, 3.8) is 0 Å². The zero-order valence-corrected chi connectivity index (χ0v) is 21.1. The van der Waals surface area contributed by atoms with E-state index in [1.807, 2.05) is 27.7 Å². The highest BCUT2D eigenvalue weighted by molar-refractivity contribution is 6.35. The van der Waals surface area contributed by atoms with E-state index in [1.54, 1.807) is 30.3 Å². The molecule has 0 spiro atoms. The average molecular weight is 500 g/mol. The standard InChI is InChI=1S/C24H29Cl3N2O3/c1-5-9-28-24(31)21(6-2)29(13-17-7-8-18(25)12-20(17)26)22(30)14-32-19-10-15(3)23(27)16(4)11-19/h7-8,10-12,21H,5-6,9,13-14H2,1-4H3,(H,28,31)/t21-/m1/s1. The smallest absolute Gasteiger partial charge is 0.261 e. The van der Waals surface area contributed by atoms with Crippen molar-refractivity contribution in [1.29, 1.82) is 0 Å². The maximum absolute atomic E-state index is 13.2. The lowest BCUT2D eigenvalue weighted by atomic mass is 10.1. The van der Waals surface area contributed by atoms with Gasteiger partial charge in [0.2, 0.25) is 5.91 Å². The van der Waals surface area contributed by atoms with Gasteiger partial charge in [-0.3, -0.25) is 9.59 Å². The summed E-state index contributed by atoms with van der Waals surface area (Å²) in [6.07, 6.45) is 1.25. The molecule has 0 aliphatic heterocycles. The van der Waals surface area contributed by atoms with Crippen molar-refractivity contribution in [1.82, 2.24) is 10.2 Å². The quantitative estimate of drug-likeness (QED) is 0.438. The van der Waals surface area contributed by atoms with Gasteiger partial charge < -0.3 is 15.0 Å². The first kappa shape index (κ1) is 26.3. The van der Waals surface area contributed by atoms with Crippen molar-refractivity contribution in [2.75, 3.05) is 13.2 Å². The molecule has 0 heterocycles. The monoisotopic (exact) mass is 498 g/mol. The summed E-state index contributed by atoms with van der Waals surface area (Å²) in [6.45, 7) is 8.08. The van der Waals surface area contributed by atoms with E-state index in [4.69, 9.17) is 39.5 Å². The highest BCUT2D eigenvalue weighted by Crippen LogP contribution is 2.27. The molecule has 0 aliphatic carbocycles. The fourth-order valence-electron chi connectivity index (χ4n) is 3.34. The molecule has 2 rings (SSSR count). The van der Waals surface area contributed by atoms with Crippen LogP contribution < -0.4 is 10.1 Å². The van der Waals surface area contributed by atoms with E-state index in [9.17, 15) is 9.59 Å². The van der Waals surface area contributed by atoms with E-state index < -0.39 is 6.04 Å². The molecule has 174 valence electrons. The molecule has 0 fully saturated rings. The second-order valence-electron chi connectivity index (χ2n) is 7.63. The van der Waals surface area contributed by atoms with Crippen LogP contribution in [0.1, 0.15) is 43.4 Å². The van der Waals surface area contributed by atoms with Gasteiger partial charge in [0.05, 0.1) is 0 Å². The third kappa shape index (κ3) is 7.03. The lowest BCUT2D eigenvalue weighted by Crippen LogP contribution is -2.50. The minimum Gasteiger partial charge on any atom is -0.484 e. The number of carbonyl (C=O) groups is 2. The van der Waals surface area contributed by atoms with Crippen molar-refractivity contribution in [2.45, 2.75) is 53.1 Å². The van der Waals surface area contributed by atoms with Gasteiger partial charge in [-0.2, -0.15) is 0 Å². The van der Waals surface area contributed by atoms with E-state index >= 15 is 0 Å². The number of carbonyl (C=O) groups excluding carboxylic acids is 2. The Bertz CT molecular complexity index is 942. The number of hydrogen-bond donors (Lipinski definition) is 1. The van der Waals surface area contributed by atoms with Crippen molar-refractivity contribution in [3.05, 3.63) is 62.1 Å². The SMILES string of the molecule is CCCNC(=O)[C@@H](CC)N(Cc1ccc(Cl)cc1Cl)C(=O)COc1cc(C)c(Cl)c(C)c1. The molecule has 0 saturated carbocycles. The van der Waals surface area contributed by atoms with Gasteiger partial charge in [-0.05, 0) is 67.6 Å². The lowest BCUT2D eigenvalue weighted by molar-refractivity contribution is -0.143. The van der Waals surface area contributed by atoms with Crippen molar-refractivity contribution in [2.24, 2.45) is 0 Å². The largest absolute Gasteiger partial charge is 0.484 e. The van der Waals surface area contributed by atoms with Gasteiger partial charge in [-0.1, -0.05) is 54.7 Å². The first-order valence-corrected chi connectivity index (χ1v) is 11.7. The van der Waals surface area contributed by atoms with Crippen LogP contribution in [-0.2, 0) is 16.1 Å². The fraction of sp³-hybridized carbons (Fsp3) is 0.417. The Morgan fingerprint density at radius 2 is 1.72 bits per heavy atom. The Morgan fingerprint density at radius 3 is 2.28 bits per heavy atom. The van der Waals surface area contributed by atoms with Gasteiger partial charge in [0.15, 0.2) is 6.61 Å². The van der Waals surface area contributed by atoms with E-state index in [1.165, 1.54) is 4.90 Å². The number of nitrogens with one attached hydrogen (secondary N) is 1. The molecule has 0 bridgehead atoms. The maximum Gasteiger partial charge on any atom is 0.261 e. The van der Waals surface area contributed by atoms with Crippen molar-refractivity contribution < 1.29 is 14.3 Å². The van der Waals surface area contributed by atoms with Crippen molar-refractivity contribution >= 4 is 46.6 Å². The zero-order valence-electron chi connectivity index (χ0n) is 18.8. The molecule has 5 nitrogen and oxygen atoms in total.